The third-order valence-electron chi connectivity index (χ3n) is 1.45. The highest BCUT2D eigenvalue weighted by Crippen LogP contribution is 2.39. The van der Waals surface area contributed by atoms with Crippen LogP contribution in [0.4, 0.5) is 24.5 Å². The van der Waals surface area contributed by atoms with Gasteiger partial charge in [0.2, 0.25) is 0 Å². The monoisotopic (exact) mass is 210 g/mol. The van der Waals surface area contributed by atoms with E-state index in [0.717, 1.165) is 12.1 Å². The van der Waals surface area contributed by atoms with Gasteiger partial charge in [-0.1, -0.05) is 11.6 Å². The normalized spacial score (nSPS) is 11.7. The molecule has 1 aromatic carbocycles. The van der Waals surface area contributed by atoms with Gasteiger partial charge in [-0.3, -0.25) is 0 Å². The Morgan fingerprint density at radius 2 is 1.46 bits per heavy atom. The van der Waals surface area contributed by atoms with E-state index in [-0.39, 0.29) is 5.02 Å². The summed E-state index contributed by atoms with van der Waals surface area (Å²) in [5, 5.41) is 0.0861. The molecule has 0 spiro atoms. The van der Waals surface area contributed by atoms with Crippen LogP contribution < -0.4 is 11.5 Å². The quantitative estimate of drug-likeness (QED) is 0.647. The predicted molar refractivity (Wildman–Crippen MR) is 45.3 cm³/mol. The third-order valence-corrected chi connectivity index (χ3v) is 1.67. The molecule has 0 bridgehead atoms. The van der Waals surface area contributed by atoms with E-state index in [9.17, 15) is 13.2 Å². The smallest absolute Gasteiger partial charge is 0.398 e. The Labute approximate surface area is 77.3 Å². The molecule has 0 aliphatic carbocycles. The lowest BCUT2D eigenvalue weighted by molar-refractivity contribution is -0.136. The summed E-state index contributed by atoms with van der Waals surface area (Å²) in [5.41, 5.74) is 8.30. The average Bonchev–Trinajstić information content (AvgIpc) is 1.78. The van der Waals surface area contributed by atoms with Gasteiger partial charge in [-0.15, -0.1) is 0 Å². The maximum atomic E-state index is 12.2. The Balaban J connectivity index is 3.38. The van der Waals surface area contributed by atoms with E-state index in [1.165, 1.54) is 0 Å². The van der Waals surface area contributed by atoms with E-state index in [1.54, 1.807) is 0 Å². The number of hydrogen-bond acceptors (Lipinski definition) is 2. The Hall–Kier alpha value is -1.10. The van der Waals surface area contributed by atoms with Crippen molar-refractivity contribution in [1.29, 1.82) is 0 Å². The molecule has 6 heteroatoms. The van der Waals surface area contributed by atoms with E-state index in [4.69, 9.17) is 23.1 Å². The van der Waals surface area contributed by atoms with Gasteiger partial charge in [0.1, 0.15) is 5.56 Å². The summed E-state index contributed by atoms with van der Waals surface area (Å²) in [6, 6.07) is 2.03. The molecule has 1 aromatic rings. The van der Waals surface area contributed by atoms with Crippen molar-refractivity contribution in [2.45, 2.75) is 6.18 Å². The molecule has 0 fully saturated rings. The Morgan fingerprint density at radius 1 is 1.08 bits per heavy atom. The lowest BCUT2D eigenvalue weighted by atomic mass is 10.1. The number of rotatable bonds is 0. The van der Waals surface area contributed by atoms with Crippen LogP contribution in [0.5, 0.6) is 0 Å². The topological polar surface area (TPSA) is 52.0 Å². The molecule has 72 valence electrons. The standard InChI is InChI=1S/C7H6ClF3N2/c8-3-1-4(12)6(5(13)2-3)7(9,10)11/h1-2H,12-13H2. The number of hydrogen-bond donors (Lipinski definition) is 2. The summed E-state index contributed by atoms with van der Waals surface area (Å²) in [7, 11) is 0. The maximum absolute atomic E-state index is 12.2. The van der Waals surface area contributed by atoms with Crippen LogP contribution in [-0.4, -0.2) is 0 Å². The zero-order valence-corrected chi connectivity index (χ0v) is 7.08. The van der Waals surface area contributed by atoms with Crippen LogP contribution in [0.15, 0.2) is 12.1 Å². The molecule has 1 rings (SSSR count). The zero-order chi connectivity index (χ0) is 10.2. The van der Waals surface area contributed by atoms with E-state index < -0.39 is 23.1 Å². The third kappa shape index (κ3) is 1.98. The summed E-state index contributed by atoms with van der Waals surface area (Å²) >= 11 is 5.44. The minimum atomic E-state index is -4.54. The minimum Gasteiger partial charge on any atom is -0.398 e. The van der Waals surface area contributed by atoms with Crippen LogP contribution in [0.3, 0.4) is 0 Å². The van der Waals surface area contributed by atoms with Gasteiger partial charge in [-0.2, -0.15) is 13.2 Å². The van der Waals surface area contributed by atoms with Crippen molar-refractivity contribution in [3.05, 3.63) is 22.7 Å². The lowest BCUT2D eigenvalue weighted by Gasteiger charge is -2.12. The molecule has 0 aromatic heterocycles. The molecule has 0 radical (unpaired) electrons. The van der Waals surface area contributed by atoms with Crippen molar-refractivity contribution in [2.24, 2.45) is 0 Å². The second-order valence-electron chi connectivity index (χ2n) is 2.46. The molecule has 0 aliphatic rings. The van der Waals surface area contributed by atoms with Gasteiger partial charge >= 0.3 is 6.18 Å². The van der Waals surface area contributed by atoms with Crippen molar-refractivity contribution in [3.8, 4) is 0 Å². The summed E-state index contributed by atoms with van der Waals surface area (Å²) in [6.07, 6.45) is -4.54. The molecular weight excluding hydrogens is 205 g/mol. The van der Waals surface area contributed by atoms with Gasteiger partial charge in [0.25, 0.3) is 0 Å². The van der Waals surface area contributed by atoms with Gasteiger partial charge in [0.15, 0.2) is 0 Å². The molecule has 13 heavy (non-hydrogen) atoms. The van der Waals surface area contributed by atoms with Gasteiger partial charge in [0, 0.05) is 16.4 Å². The number of benzene rings is 1. The van der Waals surface area contributed by atoms with Crippen LogP contribution in [0.25, 0.3) is 0 Å². The first-order chi connectivity index (χ1) is 5.82. The van der Waals surface area contributed by atoms with Crippen LogP contribution in [0.2, 0.25) is 5.02 Å². The molecular formula is C7H6ClF3N2. The highest BCUT2D eigenvalue weighted by Gasteiger charge is 2.35. The Kier molecular flexibility index (Phi) is 2.30. The number of halogens is 4. The molecule has 0 atom stereocenters. The molecule has 0 saturated carbocycles. The van der Waals surface area contributed by atoms with Crippen LogP contribution in [-0.2, 0) is 6.18 Å². The summed E-state index contributed by atoms with van der Waals surface area (Å²) in [6.45, 7) is 0. The number of nitrogens with two attached hydrogens (primary N) is 2. The van der Waals surface area contributed by atoms with Crippen molar-refractivity contribution in [3.63, 3.8) is 0 Å². The molecule has 0 saturated heterocycles. The molecule has 0 heterocycles. The van der Waals surface area contributed by atoms with Crippen LogP contribution in [0, 0.1) is 0 Å². The SMILES string of the molecule is Nc1cc(Cl)cc(N)c1C(F)(F)F. The second-order valence-corrected chi connectivity index (χ2v) is 2.89. The van der Waals surface area contributed by atoms with Gasteiger partial charge in [-0.05, 0) is 12.1 Å². The van der Waals surface area contributed by atoms with Crippen molar-refractivity contribution in [1.82, 2.24) is 0 Å². The number of anilines is 2. The highest BCUT2D eigenvalue weighted by atomic mass is 35.5. The fraction of sp³-hybridized carbons (Fsp3) is 0.143. The Bertz CT molecular complexity index is 312. The summed E-state index contributed by atoms with van der Waals surface area (Å²) < 4.78 is 36.7. The predicted octanol–water partition coefficient (Wildman–Crippen LogP) is 2.52. The average molecular weight is 211 g/mol. The van der Waals surface area contributed by atoms with Crippen LogP contribution >= 0.6 is 11.6 Å². The number of alkyl halides is 3. The zero-order valence-electron chi connectivity index (χ0n) is 6.32. The summed E-state index contributed by atoms with van der Waals surface area (Å²) in [5.74, 6) is 0. The second kappa shape index (κ2) is 2.99. The first kappa shape index (κ1) is 9.98. The lowest BCUT2D eigenvalue weighted by Crippen LogP contribution is -2.12. The molecule has 2 nitrogen and oxygen atoms in total. The first-order valence-corrected chi connectivity index (χ1v) is 3.62. The van der Waals surface area contributed by atoms with E-state index in [2.05, 4.69) is 0 Å². The van der Waals surface area contributed by atoms with Gasteiger partial charge in [-0.25, -0.2) is 0 Å². The van der Waals surface area contributed by atoms with E-state index >= 15 is 0 Å². The first-order valence-electron chi connectivity index (χ1n) is 3.24. The maximum Gasteiger partial charge on any atom is 0.420 e. The molecule has 0 aliphatic heterocycles. The molecule has 4 N–H and O–H groups in total. The van der Waals surface area contributed by atoms with Gasteiger partial charge in [0.05, 0.1) is 0 Å². The minimum absolute atomic E-state index is 0.0861. The fourth-order valence-corrected chi connectivity index (χ4v) is 1.21. The molecule has 0 unspecified atom stereocenters. The largest absolute Gasteiger partial charge is 0.420 e. The van der Waals surface area contributed by atoms with E-state index in [0.29, 0.717) is 0 Å². The summed E-state index contributed by atoms with van der Waals surface area (Å²) in [4.78, 5) is 0. The van der Waals surface area contributed by atoms with Crippen molar-refractivity contribution in [2.75, 3.05) is 11.5 Å². The van der Waals surface area contributed by atoms with Crippen molar-refractivity contribution >= 4 is 23.0 Å². The fourth-order valence-electron chi connectivity index (χ4n) is 0.977. The molecule has 0 amide bonds. The Morgan fingerprint density at radius 3 is 1.77 bits per heavy atom. The highest BCUT2D eigenvalue weighted by molar-refractivity contribution is 6.31. The van der Waals surface area contributed by atoms with E-state index in [1.807, 2.05) is 0 Å². The van der Waals surface area contributed by atoms with Gasteiger partial charge < -0.3 is 11.5 Å². The van der Waals surface area contributed by atoms with Crippen molar-refractivity contribution < 1.29 is 13.2 Å². The van der Waals surface area contributed by atoms with Crippen LogP contribution in [0.1, 0.15) is 5.56 Å². The number of nitrogen functional groups attached to an aromatic ring is 2.